The Morgan fingerprint density at radius 2 is 2.00 bits per heavy atom. The fraction of sp³-hybridized carbons (Fsp3) is 0.467. The Morgan fingerprint density at radius 3 is 2.72 bits per heavy atom. The van der Waals surface area contributed by atoms with Gasteiger partial charge in [-0.15, -0.1) is 0 Å². The first-order valence-corrected chi connectivity index (χ1v) is 6.59. The van der Waals surface area contributed by atoms with Crippen LogP contribution in [0.4, 0.5) is 0 Å². The molecule has 1 aromatic carbocycles. The van der Waals surface area contributed by atoms with Gasteiger partial charge in [0, 0.05) is 25.3 Å². The first kappa shape index (κ1) is 12.8. The van der Waals surface area contributed by atoms with Gasteiger partial charge in [-0.25, -0.2) is 0 Å². The smallest absolute Gasteiger partial charge is 0.220 e. The van der Waals surface area contributed by atoms with Gasteiger partial charge < -0.3 is 5.32 Å². The summed E-state index contributed by atoms with van der Waals surface area (Å²) in [6, 6.07) is 9.81. The second-order valence-corrected chi connectivity index (χ2v) is 4.88. The quantitative estimate of drug-likeness (QED) is 0.885. The van der Waals surface area contributed by atoms with Crippen LogP contribution in [0.15, 0.2) is 30.3 Å². The van der Waals surface area contributed by atoms with Gasteiger partial charge in [0.05, 0.1) is 0 Å². The number of hydrogen-bond donors (Lipinski definition) is 1. The van der Waals surface area contributed by atoms with Crippen molar-refractivity contribution in [2.24, 2.45) is 5.92 Å². The fourth-order valence-corrected chi connectivity index (χ4v) is 2.36. The lowest BCUT2D eigenvalue weighted by Crippen LogP contribution is -2.29. The molecule has 1 aliphatic carbocycles. The maximum atomic E-state index is 11.8. The van der Waals surface area contributed by atoms with Crippen molar-refractivity contribution in [3.63, 3.8) is 0 Å². The standard InChI is InChI=1S/C15H19NO2/c17-14-9-5-4-8-13(14)10-15(18)16-11-12-6-2-1-3-7-12/h1-3,6-7,13H,4-5,8-11H2,(H,16,18). The van der Waals surface area contributed by atoms with E-state index in [0.717, 1.165) is 24.8 Å². The van der Waals surface area contributed by atoms with E-state index in [2.05, 4.69) is 5.32 Å². The molecule has 0 spiro atoms. The molecule has 1 amide bonds. The Labute approximate surface area is 108 Å². The second-order valence-electron chi connectivity index (χ2n) is 4.88. The van der Waals surface area contributed by atoms with Crippen molar-refractivity contribution in [1.82, 2.24) is 5.32 Å². The van der Waals surface area contributed by atoms with Gasteiger partial charge in [0.2, 0.25) is 5.91 Å². The fourth-order valence-electron chi connectivity index (χ4n) is 2.36. The van der Waals surface area contributed by atoms with Crippen LogP contribution >= 0.6 is 0 Å². The normalized spacial score (nSPS) is 19.6. The molecule has 18 heavy (non-hydrogen) atoms. The monoisotopic (exact) mass is 245 g/mol. The van der Waals surface area contributed by atoms with Crippen LogP contribution in [0.5, 0.6) is 0 Å². The van der Waals surface area contributed by atoms with Crippen molar-refractivity contribution >= 4 is 11.7 Å². The van der Waals surface area contributed by atoms with Crippen molar-refractivity contribution in [3.8, 4) is 0 Å². The number of nitrogens with one attached hydrogen (secondary N) is 1. The molecular weight excluding hydrogens is 226 g/mol. The largest absolute Gasteiger partial charge is 0.352 e. The maximum Gasteiger partial charge on any atom is 0.220 e. The minimum atomic E-state index is -0.0467. The number of rotatable bonds is 4. The van der Waals surface area contributed by atoms with Crippen LogP contribution in [-0.4, -0.2) is 11.7 Å². The van der Waals surface area contributed by atoms with E-state index in [1.807, 2.05) is 30.3 Å². The summed E-state index contributed by atoms with van der Waals surface area (Å²) in [6.45, 7) is 0.542. The molecule has 96 valence electrons. The summed E-state index contributed by atoms with van der Waals surface area (Å²) in [5.74, 6) is 0.199. The molecule has 1 N–H and O–H groups in total. The van der Waals surface area contributed by atoms with Crippen molar-refractivity contribution in [1.29, 1.82) is 0 Å². The lowest BCUT2D eigenvalue weighted by Gasteiger charge is -2.19. The Morgan fingerprint density at radius 1 is 1.22 bits per heavy atom. The third kappa shape index (κ3) is 3.69. The summed E-state index contributed by atoms with van der Waals surface area (Å²) >= 11 is 0. The molecule has 0 aliphatic heterocycles. The molecule has 0 aromatic heterocycles. The molecule has 2 rings (SSSR count). The molecule has 1 unspecified atom stereocenters. The average molecular weight is 245 g/mol. The Bertz CT molecular complexity index is 414. The van der Waals surface area contributed by atoms with Gasteiger partial charge in [0.25, 0.3) is 0 Å². The number of ketones is 1. The van der Waals surface area contributed by atoms with Crippen molar-refractivity contribution < 1.29 is 9.59 Å². The minimum absolute atomic E-state index is 0.0147. The number of carbonyl (C=O) groups is 2. The average Bonchev–Trinajstić information content (AvgIpc) is 2.40. The summed E-state index contributed by atoms with van der Waals surface area (Å²) in [7, 11) is 0. The van der Waals surface area contributed by atoms with Gasteiger partial charge in [0.15, 0.2) is 0 Å². The number of amides is 1. The molecule has 1 aromatic rings. The van der Waals surface area contributed by atoms with E-state index >= 15 is 0 Å². The number of hydrogen-bond acceptors (Lipinski definition) is 2. The van der Waals surface area contributed by atoms with Crippen LogP contribution in [0.2, 0.25) is 0 Å². The van der Waals surface area contributed by atoms with Crippen LogP contribution in [-0.2, 0) is 16.1 Å². The van der Waals surface area contributed by atoms with Crippen LogP contribution < -0.4 is 5.32 Å². The summed E-state index contributed by atoms with van der Waals surface area (Å²) in [6.07, 6.45) is 3.93. The van der Waals surface area contributed by atoms with E-state index in [1.54, 1.807) is 0 Å². The zero-order valence-corrected chi connectivity index (χ0v) is 10.5. The molecule has 1 atom stereocenters. The van der Waals surface area contributed by atoms with Gasteiger partial charge in [-0.1, -0.05) is 36.8 Å². The van der Waals surface area contributed by atoms with Gasteiger partial charge in [-0.3, -0.25) is 9.59 Å². The van der Waals surface area contributed by atoms with Gasteiger partial charge in [-0.05, 0) is 18.4 Å². The molecular formula is C15H19NO2. The zero-order chi connectivity index (χ0) is 12.8. The summed E-state index contributed by atoms with van der Waals surface area (Å²) < 4.78 is 0. The van der Waals surface area contributed by atoms with E-state index in [0.29, 0.717) is 19.4 Å². The number of Topliss-reactive ketones (excluding diaryl/α,β-unsaturated/α-hetero) is 1. The van der Waals surface area contributed by atoms with Crippen LogP contribution in [0.1, 0.15) is 37.7 Å². The van der Waals surface area contributed by atoms with Crippen molar-refractivity contribution in [2.45, 2.75) is 38.6 Å². The minimum Gasteiger partial charge on any atom is -0.352 e. The molecule has 1 aliphatic rings. The van der Waals surface area contributed by atoms with E-state index in [4.69, 9.17) is 0 Å². The third-order valence-electron chi connectivity index (χ3n) is 3.45. The van der Waals surface area contributed by atoms with Crippen LogP contribution in [0.25, 0.3) is 0 Å². The molecule has 0 heterocycles. The third-order valence-corrected chi connectivity index (χ3v) is 3.45. The van der Waals surface area contributed by atoms with E-state index in [1.165, 1.54) is 0 Å². The molecule has 3 nitrogen and oxygen atoms in total. The van der Waals surface area contributed by atoms with Gasteiger partial charge in [0.1, 0.15) is 5.78 Å². The van der Waals surface area contributed by atoms with Crippen molar-refractivity contribution in [3.05, 3.63) is 35.9 Å². The first-order valence-electron chi connectivity index (χ1n) is 6.59. The van der Waals surface area contributed by atoms with Crippen LogP contribution in [0.3, 0.4) is 0 Å². The predicted molar refractivity (Wildman–Crippen MR) is 69.9 cm³/mol. The summed E-state index contributed by atoms with van der Waals surface area (Å²) in [5.41, 5.74) is 1.08. The van der Waals surface area contributed by atoms with Gasteiger partial charge in [-0.2, -0.15) is 0 Å². The molecule has 0 radical (unpaired) electrons. The highest BCUT2D eigenvalue weighted by Crippen LogP contribution is 2.23. The first-order chi connectivity index (χ1) is 8.75. The highest BCUT2D eigenvalue weighted by molar-refractivity contribution is 5.87. The molecule has 3 heteroatoms. The number of benzene rings is 1. The maximum absolute atomic E-state index is 11.8. The Kier molecular flexibility index (Phi) is 4.51. The molecule has 1 saturated carbocycles. The molecule has 0 saturated heterocycles. The lowest BCUT2D eigenvalue weighted by molar-refractivity contribution is -0.130. The predicted octanol–water partition coefficient (Wildman–Crippen LogP) is 2.45. The highest BCUT2D eigenvalue weighted by atomic mass is 16.2. The highest BCUT2D eigenvalue weighted by Gasteiger charge is 2.24. The molecule has 0 bridgehead atoms. The molecule has 1 fully saturated rings. The Hall–Kier alpha value is -1.64. The van der Waals surface area contributed by atoms with E-state index < -0.39 is 0 Å². The lowest BCUT2D eigenvalue weighted by atomic mass is 9.85. The van der Waals surface area contributed by atoms with E-state index in [-0.39, 0.29) is 17.6 Å². The van der Waals surface area contributed by atoms with Crippen LogP contribution in [0, 0.1) is 5.92 Å². The zero-order valence-electron chi connectivity index (χ0n) is 10.5. The topological polar surface area (TPSA) is 46.2 Å². The number of carbonyl (C=O) groups excluding carboxylic acids is 2. The Balaban J connectivity index is 1.76. The summed E-state index contributed by atoms with van der Waals surface area (Å²) in [4.78, 5) is 23.4. The summed E-state index contributed by atoms with van der Waals surface area (Å²) in [5, 5.41) is 2.88. The second kappa shape index (κ2) is 6.34. The van der Waals surface area contributed by atoms with Gasteiger partial charge >= 0.3 is 0 Å². The SMILES string of the molecule is O=C(CC1CCCCC1=O)NCc1ccccc1. The van der Waals surface area contributed by atoms with E-state index in [9.17, 15) is 9.59 Å². The van der Waals surface area contributed by atoms with Crippen molar-refractivity contribution in [2.75, 3.05) is 0 Å².